The van der Waals surface area contributed by atoms with Gasteiger partial charge in [-0.2, -0.15) is 0 Å². The fourth-order valence-corrected chi connectivity index (χ4v) is 5.11. The molecule has 4 rings (SSSR count). The molecule has 2 unspecified atom stereocenters. The molecule has 2 atom stereocenters. The highest BCUT2D eigenvalue weighted by Gasteiger charge is 2.55. The lowest BCUT2D eigenvalue weighted by Gasteiger charge is -2.35. The van der Waals surface area contributed by atoms with Gasteiger partial charge in [-0.15, -0.1) is 11.8 Å². The number of nitrogens with zero attached hydrogens (tertiary/aromatic N) is 1. The Morgan fingerprint density at radius 1 is 1.08 bits per heavy atom. The fraction of sp³-hybridized carbons (Fsp3) is 0.238. The van der Waals surface area contributed by atoms with Crippen LogP contribution < -0.4 is 4.90 Å². The molecule has 2 aromatic carbocycles. The van der Waals surface area contributed by atoms with Gasteiger partial charge >= 0.3 is 0 Å². The molecule has 0 N–H and O–H groups in total. The van der Waals surface area contributed by atoms with Crippen LogP contribution in [-0.2, 0) is 15.0 Å². The number of carbonyl (C=O) groups is 2. The number of hydrogen-bond acceptors (Lipinski definition) is 3. The Hall–Kier alpha value is -2.33. The van der Waals surface area contributed by atoms with E-state index in [1.807, 2.05) is 37.4 Å². The van der Waals surface area contributed by atoms with E-state index >= 15 is 0 Å². The number of carbonyl (C=O) groups excluding carboxylic acids is 2. The van der Waals surface area contributed by atoms with Crippen LogP contribution in [0, 0.1) is 6.92 Å². The summed E-state index contributed by atoms with van der Waals surface area (Å²) in [6.45, 7) is 2.05. The van der Waals surface area contributed by atoms with Gasteiger partial charge in [-0.1, -0.05) is 42.0 Å². The monoisotopic (exact) mass is 349 g/mol. The van der Waals surface area contributed by atoms with Crippen LogP contribution in [0.4, 0.5) is 5.69 Å². The SMILES string of the molecule is Cc1ccc(SC2CC(=O)C=CC23C(=O)N(C)c2ccccc23)cc1. The molecule has 1 spiro atoms. The number of anilines is 1. The number of ketones is 1. The Kier molecular flexibility index (Phi) is 3.80. The minimum Gasteiger partial charge on any atom is -0.314 e. The first-order chi connectivity index (χ1) is 12.0. The molecule has 4 heteroatoms. The maximum absolute atomic E-state index is 13.3. The number of thioether (sulfide) groups is 1. The predicted molar refractivity (Wildman–Crippen MR) is 101 cm³/mol. The maximum Gasteiger partial charge on any atom is 0.242 e. The number of rotatable bonds is 2. The second-order valence-electron chi connectivity index (χ2n) is 6.67. The first kappa shape index (κ1) is 16.2. The summed E-state index contributed by atoms with van der Waals surface area (Å²) < 4.78 is 0. The van der Waals surface area contributed by atoms with Crippen molar-refractivity contribution in [2.75, 3.05) is 11.9 Å². The molecule has 2 aromatic rings. The smallest absolute Gasteiger partial charge is 0.242 e. The molecule has 1 aliphatic heterocycles. The van der Waals surface area contributed by atoms with Gasteiger partial charge < -0.3 is 4.90 Å². The van der Waals surface area contributed by atoms with Crippen molar-refractivity contribution in [2.45, 2.75) is 28.9 Å². The van der Waals surface area contributed by atoms with Crippen molar-refractivity contribution in [3.8, 4) is 0 Å². The van der Waals surface area contributed by atoms with Crippen LogP contribution in [0.15, 0.2) is 65.6 Å². The Labute approximate surface area is 151 Å². The van der Waals surface area contributed by atoms with E-state index in [4.69, 9.17) is 0 Å². The number of hydrogen-bond donors (Lipinski definition) is 0. The number of benzene rings is 2. The van der Waals surface area contributed by atoms with E-state index in [-0.39, 0.29) is 16.9 Å². The third kappa shape index (κ3) is 2.44. The molecular weight excluding hydrogens is 330 g/mol. The molecule has 126 valence electrons. The van der Waals surface area contributed by atoms with Gasteiger partial charge in [0.25, 0.3) is 0 Å². The molecule has 2 aliphatic rings. The van der Waals surface area contributed by atoms with Crippen LogP contribution >= 0.6 is 11.8 Å². The molecule has 0 fully saturated rings. The molecule has 1 amide bonds. The Morgan fingerprint density at radius 2 is 1.80 bits per heavy atom. The van der Waals surface area contributed by atoms with Crippen LogP contribution in [0.1, 0.15) is 17.5 Å². The quantitative estimate of drug-likeness (QED) is 0.825. The van der Waals surface area contributed by atoms with Crippen LogP contribution in [-0.4, -0.2) is 24.0 Å². The summed E-state index contributed by atoms with van der Waals surface area (Å²) in [5.41, 5.74) is 2.35. The van der Waals surface area contributed by atoms with Gasteiger partial charge in [-0.3, -0.25) is 9.59 Å². The summed E-state index contributed by atoms with van der Waals surface area (Å²) in [6, 6.07) is 16.1. The zero-order valence-electron chi connectivity index (χ0n) is 14.2. The number of amides is 1. The molecule has 3 nitrogen and oxygen atoms in total. The third-order valence-electron chi connectivity index (χ3n) is 5.10. The maximum atomic E-state index is 13.3. The van der Waals surface area contributed by atoms with Gasteiger partial charge in [0.1, 0.15) is 5.41 Å². The topological polar surface area (TPSA) is 37.4 Å². The van der Waals surface area contributed by atoms with Crippen LogP contribution in [0.2, 0.25) is 0 Å². The fourth-order valence-electron chi connectivity index (χ4n) is 3.75. The van der Waals surface area contributed by atoms with Crippen LogP contribution in [0.3, 0.4) is 0 Å². The largest absolute Gasteiger partial charge is 0.314 e. The zero-order chi connectivity index (χ0) is 17.6. The number of allylic oxidation sites excluding steroid dienone is 1. The first-order valence-electron chi connectivity index (χ1n) is 8.35. The summed E-state index contributed by atoms with van der Waals surface area (Å²) in [5, 5.41) is -0.147. The summed E-state index contributed by atoms with van der Waals surface area (Å²) in [7, 11) is 1.81. The Bertz CT molecular complexity index is 887. The van der Waals surface area contributed by atoms with E-state index < -0.39 is 5.41 Å². The highest BCUT2D eigenvalue weighted by atomic mass is 32.2. The number of likely N-dealkylation sites (N-methyl/N-ethyl adjacent to an activating group) is 1. The lowest BCUT2D eigenvalue weighted by atomic mass is 9.73. The summed E-state index contributed by atoms with van der Waals surface area (Å²) in [6.07, 6.45) is 3.78. The van der Waals surface area contributed by atoms with Gasteiger partial charge in [0, 0.05) is 29.3 Å². The summed E-state index contributed by atoms with van der Waals surface area (Å²) in [5.74, 6) is 0.122. The van der Waals surface area contributed by atoms with E-state index in [2.05, 4.69) is 31.2 Å². The van der Waals surface area contributed by atoms with E-state index in [0.717, 1.165) is 16.1 Å². The van der Waals surface area contributed by atoms with Gasteiger partial charge in [0.15, 0.2) is 5.78 Å². The van der Waals surface area contributed by atoms with Crippen molar-refractivity contribution in [2.24, 2.45) is 0 Å². The van der Waals surface area contributed by atoms with E-state index in [0.29, 0.717) is 6.42 Å². The van der Waals surface area contributed by atoms with Crippen molar-refractivity contribution in [3.63, 3.8) is 0 Å². The van der Waals surface area contributed by atoms with Crippen LogP contribution in [0.25, 0.3) is 0 Å². The van der Waals surface area contributed by atoms with Gasteiger partial charge in [-0.25, -0.2) is 0 Å². The highest BCUT2D eigenvalue weighted by molar-refractivity contribution is 8.00. The van der Waals surface area contributed by atoms with E-state index in [1.54, 1.807) is 22.7 Å². The highest BCUT2D eigenvalue weighted by Crippen LogP contribution is 2.51. The van der Waals surface area contributed by atoms with Crippen LogP contribution in [0.5, 0.6) is 0 Å². The van der Waals surface area contributed by atoms with Gasteiger partial charge in [0.2, 0.25) is 5.91 Å². The van der Waals surface area contributed by atoms with Crippen molar-refractivity contribution in [1.82, 2.24) is 0 Å². The predicted octanol–water partition coefficient (Wildman–Crippen LogP) is 3.90. The summed E-state index contributed by atoms with van der Waals surface area (Å²) >= 11 is 1.62. The summed E-state index contributed by atoms with van der Waals surface area (Å²) in [4.78, 5) is 28.2. The second-order valence-corrected chi connectivity index (χ2v) is 7.95. The Balaban J connectivity index is 1.83. The lowest BCUT2D eigenvalue weighted by Crippen LogP contribution is -2.47. The van der Waals surface area contributed by atoms with Gasteiger partial charge in [0.05, 0.1) is 0 Å². The van der Waals surface area contributed by atoms with Crippen molar-refractivity contribution in [1.29, 1.82) is 0 Å². The molecule has 0 saturated carbocycles. The molecule has 0 aromatic heterocycles. The second kappa shape index (κ2) is 5.88. The minimum atomic E-state index is -0.769. The number of fused-ring (bicyclic) bond motifs is 2. The molecule has 0 radical (unpaired) electrons. The molecular formula is C21H19NO2S. The minimum absolute atomic E-state index is 0.0436. The van der Waals surface area contributed by atoms with Crippen molar-refractivity contribution >= 4 is 29.1 Å². The molecule has 1 heterocycles. The average molecular weight is 349 g/mol. The molecule has 0 saturated heterocycles. The molecule has 0 bridgehead atoms. The average Bonchev–Trinajstić information content (AvgIpc) is 2.83. The molecule has 1 aliphatic carbocycles. The van der Waals surface area contributed by atoms with Crippen molar-refractivity contribution in [3.05, 3.63) is 71.8 Å². The van der Waals surface area contributed by atoms with Gasteiger partial charge in [-0.05, 0) is 36.8 Å². The normalized spacial score (nSPS) is 24.9. The molecule has 25 heavy (non-hydrogen) atoms. The third-order valence-corrected chi connectivity index (χ3v) is 6.46. The zero-order valence-corrected chi connectivity index (χ0v) is 15.0. The van der Waals surface area contributed by atoms with Crippen molar-refractivity contribution < 1.29 is 9.59 Å². The lowest BCUT2D eigenvalue weighted by molar-refractivity contribution is -0.122. The number of para-hydroxylation sites is 1. The standard InChI is InChI=1S/C21H19NO2S/c1-14-7-9-16(10-8-14)25-19-13-15(23)11-12-21(19)17-5-3-4-6-18(17)22(2)20(21)24/h3-12,19H,13H2,1-2H3. The van der Waals surface area contributed by atoms with E-state index in [1.165, 1.54) is 5.56 Å². The first-order valence-corrected chi connectivity index (χ1v) is 9.23. The number of aryl methyl sites for hydroxylation is 1. The van der Waals surface area contributed by atoms with E-state index in [9.17, 15) is 9.59 Å². The Morgan fingerprint density at radius 3 is 2.56 bits per heavy atom.